The summed E-state index contributed by atoms with van der Waals surface area (Å²) in [6.45, 7) is 8.81. The summed E-state index contributed by atoms with van der Waals surface area (Å²) in [6.07, 6.45) is 6.78. The predicted octanol–water partition coefficient (Wildman–Crippen LogP) is 2.77. The van der Waals surface area contributed by atoms with E-state index in [0.717, 1.165) is 38.1 Å². The molecule has 5 nitrogen and oxygen atoms in total. The van der Waals surface area contributed by atoms with E-state index in [9.17, 15) is 4.79 Å². The number of pyridine rings is 1. The van der Waals surface area contributed by atoms with E-state index in [1.807, 2.05) is 18.0 Å². The summed E-state index contributed by atoms with van der Waals surface area (Å²) in [4.78, 5) is 18.5. The van der Waals surface area contributed by atoms with Gasteiger partial charge in [0, 0.05) is 38.3 Å². The maximum absolute atomic E-state index is 11.9. The first-order chi connectivity index (χ1) is 11.6. The normalized spacial score (nSPS) is 21.4. The maximum atomic E-state index is 11.9. The molecule has 130 valence electrons. The van der Waals surface area contributed by atoms with Gasteiger partial charge in [0.25, 0.3) is 0 Å². The van der Waals surface area contributed by atoms with Crippen molar-refractivity contribution in [2.75, 3.05) is 13.1 Å². The van der Waals surface area contributed by atoms with E-state index in [1.54, 1.807) is 0 Å². The lowest BCUT2D eigenvalue weighted by molar-refractivity contribution is -0.133. The van der Waals surface area contributed by atoms with Gasteiger partial charge in [-0.1, -0.05) is 20.3 Å². The number of fused-ring (bicyclic) bond motifs is 1. The van der Waals surface area contributed by atoms with Crippen LogP contribution in [0.25, 0.3) is 5.65 Å². The Hall–Kier alpha value is -1.88. The molecule has 0 bridgehead atoms. The van der Waals surface area contributed by atoms with Crippen molar-refractivity contribution in [2.24, 2.45) is 5.92 Å². The Labute approximate surface area is 144 Å². The topological polar surface area (TPSA) is 49.6 Å². The minimum atomic E-state index is 0.282. The van der Waals surface area contributed by atoms with Crippen LogP contribution in [-0.2, 0) is 11.3 Å². The standard InChI is InChI=1S/C19H28N4O/c1-4-15-13-22(19(24)5-2)8-7-17(15)20-11-16-12-21-18-10-14(3)6-9-23(16)18/h6,9-10,12,15,17,20H,4-5,7-8,11,13H2,1-3H3/t15-,17+/m0/s1. The number of likely N-dealkylation sites (tertiary alicyclic amines) is 1. The molecule has 5 heteroatoms. The molecule has 2 aromatic rings. The molecule has 0 saturated carbocycles. The van der Waals surface area contributed by atoms with E-state index >= 15 is 0 Å². The first kappa shape index (κ1) is 17.0. The van der Waals surface area contributed by atoms with Gasteiger partial charge in [-0.25, -0.2) is 4.98 Å². The van der Waals surface area contributed by atoms with Gasteiger partial charge < -0.3 is 14.6 Å². The van der Waals surface area contributed by atoms with E-state index in [2.05, 4.69) is 46.9 Å². The summed E-state index contributed by atoms with van der Waals surface area (Å²) in [5, 5.41) is 3.71. The van der Waals surface area contributed by atoms with Gasteiger partial charge in [-0.2, -0.15) is 0 Å². The average molecular weight is 328 g/mol. The Morgan fingerprint density at radius 2 is 2.25 bits per heavy atom. The Bertz CT molecular complexity index is 708. The Kier molecular flexibility index (Phi) is 5.19. The molecule has 3 rings (SSSR count). The van der Waals surface area contributed by atoms with Crippen molar-refractivity contribution in [3.63, 3.8) is 0 Å². The van der Waals surface area contributed by atoms with Crippen LogP contribution in [0.15, 0.2) is 24.5 Å². The van der Waals surface area contributed by atoms with Crippen molar-refractivity contribution in [3.05, 3.63) is 35.8 Å². The van der Waals surface area contributed by atoms with Crippen LogP contribution >= 0.6 is 0 Å². The van der Waals surface area contributed by atoms with Crippen molar-refractivity contribution < 1.29 is 4.79 Å². The minimum Gasteiger partial charge on any atom is -0.342 e. The molecule has 1 N–H and O–H groups in total. The number of hydrogen-bond acceptors (Lipinski definition) is 3. The number of carbonyl (C=O) groups is 1. The highest BCUT2D eigenvalue weighted by molar-refractivity contribution is 5.75. The third-order valence-corrected chi connectivity index (χ3v) is 5.20. The highest BCUT2D eigenvalue weighted by Crippen LogP contribution is 2.21. The van der Waals surface area contributed by atoms with Crippen LogP contribution in [0, 0.1) is 12.8 Å². The van der Waals surface area contributed by atoms with Crippen LogP contribution in [0.1, 0.15) is 44.4 Å². The van der Waals surface area contributed by atoms with Crippen molar-refractivity contribution >= 4 is 11.6 Å². The molecular weight excluding hydrogens is 300 g/mol. The van der Waals surface area contributed by atoms with Gasteiger partial charge in [0.15, 0.2) is 0 Å². The molecule has 24 heavy (non-hydrogen) atoms. The molecule has 0 unspecified atom stereocenters. The van der Waals surface area contributed by atoms with Gasteiger partial charge in [0.05, 0.1) is 11.9 Å². The van der Waals surface area contributed by atoms with Crippen molar-refractivity contribution in [2.45, 2.75) is 52.6 Å². The second-order valence-corrected chi connectivity index (χ2v) is 6.82. The first-order valence-corrected chi connectivity index (χ1v) is 9.06. The number of piperidine rings is 1. The van der Waals surface area contributed by atoms with E-state index < -0.39 is 0 Å². The molecular formula is C19H28N4O. The fourth-order valence-corrected chi connectivity index (χ4v) is 3.67. The smallest absolute Gasteiger partial charge is 0.222 e. The lowest BCUT2D eigenvalue weighted by Gasteiger charge is -2.38. The zero-order valence-electron chi connectivity index (χ0n) is 15.0. The van der Waals surface area contributed by atoms with Crippen LogP contribution in [-0.4, -0.2) is 39.3 Å². The van der Waals surface area contributed by atoms with Crippen LogP contribution in [0.5, 0.6) is 0 Å². The first-order valence-electron chi connectivity index (χ1n) is 9.06. The molecule has 3 heterocycles. The fourth-order valence-electron chi connectivity index (χ4n) is 3.67. The quantitative estimate of drug-likeness (QED) is 0.918. The zero-order chi connectivity index (χ0) is 17.1. The molecule has 0 aromatic carbocycles. The van der Waals surface area contributed by atoms with Crippen LogP contribution in [0.4, 0.5) is 0 Å². The number of aryl methyl sites for hydroxylation is 1. The van der Waals surface area contributed by atoms with Gasteiger partial charge in [-0.15, -0.1) is 0 Å². The van der Waals surface area contributed by atoms with Gasteiger partial charge in [0.1, 0.15) is 5.65 Å². The van der Waals surface area contributed by atoms with E-state index in [4.69, 9.17) is 0 Å². The average Bonchev–Trinajstić information content (AvgIpc) is 3.01. The summed E-state index contributed by atoms with van der Waals surface area (Å²) in [5.74, 6) is 0.805. The summed E-state index contributed by atoms with van der Waals surface area (Å²) in [6, 6.07) is 4.68. The summed E-state index contributed by atoms with van der Waals surface area (Å²) >= 11 is 0. The SMILES string of the molecule is CCC(=O)N1CC[C@@H](NCc2cnc3cc(C)ccn23)[C@@H](CC)C1. The second-order valence-electron chi connectivity index (χ2n) is 6.82. The van der Waals surface area contributed by atoms with Gasteiger partial charge in [-0.05, 0) is 37.0 Å². The summed E-state index contributed by atoms with van der Waals surface area (Å²) < 4.78 is 2.15. The van der Waals surface area contributed by atoms with Crippen LogP contribution in [0.3, 0.4) is 0 Å². The predicted molar refractivity (Wildman–Crippen MR) is 95.8 cm³/mol. The molecule has 2 atom stereocenters. The largest absolute Gasteiger partial charge is 0.342 e. The molecule has 1 aliphatic heterocycles. The third kappa shape index (κ3) is 3.46. The molecule has 0 radical (unpaired) electrons. The fraction of sp³-hybridized carbons (Fsp3) is 0.579. The van der Waals surface area contributed by atoms with E-state index in [0.29, 0.717) is 18.4 Å². The monoisotopic (exact) mass is 328 g/mol. The Balaban J connectivity index is 1.64. The molecule has 0 aliphatic carbocycles. The van der Waals surface area contributed by atoms with Gasteiger partial charge >= 0.3 is 0 Å². The second kappa shape index (κ2) is 7.34. The minimum absolute atomic E-state index is 0.282. The molecule has 0 spiro atoms. The molecule has 1 aliphatic rings. The van der Waals surface area contributed by atoms with Crippen LogP contribution < -0.4 is 5.32 Å². The lowest BCUT2D eigenvalue weighted by Crippen LogP contribution is -2.50. The number of nitrogens with zero attached hydrogens (tertiary/aromatic N) is 3. The highest BCUT2D eigenvalue weighted by Gasteiger charge is 2.29. The Morgan fingerprint density at radius 1 is 1.42 bits per heavy atom. The van der Waals surface area contributed by atoms with Crippen molar-refractivity contribution in [1.29, 1.82) is 0 Å². The molecule has 2 aromatic heterocycles. The van der Waals surface area contributed by atoms with Gasteiger partial charge in [-0.3, -0.25) is 4.79 Å². The molecule has 1 amide bonds. The number of imidazole rings is 1. The van der Waals surface area contributed by atoms with E-state index in [1.165, 1.54) is 11.3 Å². The highest BCUT2D eigenvalue weighted by atomic mass is 16.2. The van der Waals surface area contributed by atoms with E-state index in [-0.39, 0.29) is 5.91 Å². The summed E-state index contributed by atoms with van der Waals surface area (Å²) in [5.41, 5.74) is 3.42. The number of rotatable bonds is 5. The Morgan fingerprint density at radius 3 is 3.00 bits per heavy atom. The number of hydrogen-bond donors (Lipinski definition) is 1. The lowest BCUT2D eigenvalue weighted by atomic mass is 9.89. The maximum Gasteiger partial charge on any atom is 0.222 e. The summed E-state index contributed by atoms with van der Waals surface area (Å²) in [7, 11) is 0. The third-order valence-electron chi connectivity index (χ3n) is 5.20. The zero-order valence-corrected chi connectivity index (χ0v) is 15.0. The van der Waals surface area contributed by atoms with Crippen molar-refractivity contribution in [1.82, 2.24) is 19.6 Å². The molecule has 1 saturated heterocycles. The number of amides is 1. The van der Waals surface area contributed by atoms with Crippen molar-refractivity contribution in [3.8, 4) is 0 Å². The van der Waals surface area contributed by atoms with Crippen LogP contribution in [0.2, 0.25) is 0 Å². The van der Waals surface area contributed by atoms with Gasteiger partial charge in [0.2, 0.25) is 5.91 Å². The number of nitrogens with one attached hydrogen (secondary N) is 1. The molecule has 1 fully saturated rings. The number of aromatic nitrogens is 2. The number of carbonyl (C=O) groups excluding carboxylic acids is 1.